The molecule has 0 saturated carbocycles. The first kappa shape index (κ1) is 11.0. The van der Waals surface area contributed by atoms with Crippen LogP contribution in [-0.4, -0.2) is 17.4 Å². The Balaban J connectivity index is 2.42. The summed E-state index contributed by atoms with van der Waals surface area (Å²) in [6.07, 6.45) is 0. The van der Waals surface area contributed by atoms with Crippen LogP contribution in [0.25, 0.3) is 0 Å². The molecule has 0 aromatic heterocycles. The number of nitrogens with one attached hydrogen (secondary N) is 1. The van der Waals surface area contributed by atoms with Crippen LogP contribution >= 0.6 is 12.6 Å². The zero-order chi connectivity index (χ0) is 10.4. The first-order valence-electron chi connectivity index (χ1n) is 4.32. The second kappa shape index (κ2) is 5.62. The molecular weight excluding hydrogens is 196 g/mol. The average Bonchev–Trinajstić information content (AvgIpc) is 2.19. The predicted molar refractivity (Wildman–Crippen MR) is 60.3 cm³/mol. The van der Waals surface area contributed by atoms with Crippen molar-refractivity contribution < 1.29 is 0 Å². The molecule has 0 aliphatic heterocycles. The third-order valence-electron chi connectivity index (χ3n) is 1.68. The van der Waals surface area contributed by atoms with Gasteiger partial charge in [0, 0.05) is 7.05 Å². The molecule has 0 saturated heterocycles. The molecule has 0 spiro atoms. The van der Waals surface area contributed by atoms with E-state index in [-0.39, 0.29) is 5.37 Å². The van der Waals surface area contributed by atoms with Crippen molar-refractivity contribution in [3.63, 3.8) is 0 Å². The molecule has 1 N–H and O–H groups in total. The van der Waals surface area contributed by atoms with Crippen LogP contribution in [0.5, 0.6) is 0 Å². The Morgan fingerprint density at radius 3 is 2.57 bits per heavy atom. The van der Waals surface area contributed by atoms with Gasteiger partial charge in [0.2, 0.25) is 0 Å². The maximum Gasteiger partial charge on any atom is 0.0874 e. The van der Waals surface area contributed by atoms with E-state index in [2.05, 4.69) is 28.5 Å². The molecule has 1 rings (SSSR count). The summed E-state index contributed by atoms with van der Waals surface area (Å²) in [5.41, 5.74) is 3.57. The second-order valence-corrected chi connectivity index (χ2v) is 3.63. The van der Waals surface area contributed by atoms with Crippen molar-refractivity contribution in [2.24, 2.45) is 10.3 Å². The lowest BCUT2D eigenvalue weighted by Gasteiger charge is -2.17. The summed E-state index contributed by atoms with van der Waals surface area (Å²) in [6.45, 7) is 1.94. The van der Waals surface area contributed by atoms with Crippen LogP contribution in [0.1, 0.15) is 6.92 Å². The lowest BCUT2D eigenvalue weighted by atomic mass is 10.3. The standard InChI is InChI=1S/C9H14N4S/c1-8(14)13(2)12-11-10-9-6-4-3-5-7-9/h3-8,14H,1-2H3,(H,10,12). The minimum atomic E-state index is 0.0877. The van der Waals surface area contributed by atoms with Crippen molar-refractivity contribution in [2.75, 3.05) is 7.05 Å². The van der Waals surface area contributed by atoms with Gasteiger partial charge in [-0.2, -0.15) is 17.6 Å². The van der Waals surface area contributed by atoms with E-state index in [0.29, 0.717) is 0 Å². The Kier molecular flexibility index (Phi) is 4.42. The molecule has 0 bridgehead atoms. The fraction of sp³-hybridized carbons (Fsp3) is 0.333. The van der Waals surface area contributed by atoms with Gasteiger partial charge in [-0.15, -0.1) is 5.11 Å². The van der Waals surface area contributed by atoms with Crippen molar-refractivity contribution in [1.82, 2.24) is 10.5 Å². The van der Waals surface area contributed by atoms with Crippen LogP contribution < -0.4 is 5.53 Å². The van der Waals surface area contributed by atoms with Gasteiger partial charge in [-0.3, -0.25) is 0 Å². The van der Waals surface area contributed by atoms with Crippen molar-refractivity contribution in [3.8, 4) is 0 Å². The van der Waals surface area contributed by atoms with E-state index in [0.717, 1.165) is 5.69 Å². The van der Waals surface area contributed by atoms with Gasteiger partial charge in [0.1, 0.15) is 0 Å². The highest BCUT2D eigenvalue weighted by Gasteiger charge is 1.99. The number of hydrogen-bond donors (Lipinski definition) is 2. The van der Waals surface area contributed by atoms with E-state index < -0.39 is 0 Å². The third kappa shape index (κ3) is 3.76. The van der Waals surface area contributed by atoms with E-state index in [1.165, 1.54) is 0 Å². The normalized spacial score (nSPS) is 13.4. The summed E-state index contributed by atoms with van der Waals surface area (Å²) in [7, 11) is 1.85. The van der Waals surface area contributed by atoms with Gasteiger partial charge >= 0.3 is 0 Å². The minimum Gasteiger partial charge on any atom is -0.221 e. The fourth-order valence-corrected chi connectivity index (χ4v) is 0.780. The molecule has 14 heavy (non-hydrogen) atoms. The summed E-state index contributed by atoms with van der Waals surface area (Å²) in [6, 6.07) is 9.54. The highest BCUT2D eigenvalue weighted by Crippen LogP contribution is 2.09. The maximum absolute atomic E-state index is 4.21. The van der Waals surface area contributed by atoms with Gasteiger partial charge in [-0.25, -0.2) is 5.53 Å². The Morgan fingerprint density at radius 1 is 1.36 bits per heavy atom. The first-order chi connectivity index (χ1) is 6.70. The van der Waals surface area contributed by atoms with E-state index in [9.17, 15) is 0 Å². The van der Waals surface area contributed by atoms with E-state index in [4.69, 9.17) is 0 Å². The van der Waals surface area contributed by atoms with Gasteiger partial charge in [0.25, 0.3) is 0 Å². The quantitative estimate of drug-likeness (QED) is 0.347. The fourth-order valence-electron chi connectivity index (χ4n) is 0.729. The molecule has 1 unspecified atom stereocenters. The Bertz CT molecular complexity index is 286. The highest BCUT2D eigenvalue weighted by molar-refractivity contribution is 7.80. The molecule has 1 aromatic carbocycles. The topological polar surface area (TPSA) is 40.0 Å². The third-order valence-corrected chi connectivity index (χ3v) is 2.03. The average molecular weight is 210 g/mol. The molecule has 0 radical (unpaired) electrons. The minimum absolute atomic E-state index is 0.0877. The Morgan fingerprint density at radius 2 is 2.00 bits per heavy atom. The van der Waals surface area contributed by atoms with Crippen LogP contribution in [0.15, 0.2) is 40.7 Å². The summed E-state index contributed by atoms with van der Waals surface area (Å²) < 4.78 is 0. The van der Waals surface area contributed by atoms with Crippen LogP contribution in [0, 0.1) is 0 Å². The SMILES string of the molecule is CC(S)N(C)NN=Nc1ccccc1. The molecule has 0 amide bonds. The Labute approximate surface area is 89.4 Å². The predicted octanol–water partition coefficient (Wildman–Crippen LogP) is 2.40. The number of rotatable bonds is 4. The smallest absolute Gasteiger partial charge is 0.0874 e. The zero-order valence-corrected chi connectivity index (χ0v) is 9.15. The van der Waals surface area contributed by atoms with E-state index >= 15 is 0 Å². The summed E-state index contributed by atoms with van der Waals surface area (Å²) in [4.78, 5) is 0. The van der Waals surface area contributed by atoms with Crippen molar-refractivity contribution in [2.45, 2.75) is 12.3 Å². The van der Waals surface area contributed by atoms with Gasteiger partial charge in [0.15, 0.2) is 0 Å². The van der Waals surface area contributed by atoms with Gasteiger partial charge < -0.3 is 0 Å². The highest BCUT2D eigenvalue weighted by atomic mass is 32.1. The largest absolute Gasteiger partial charge is 0.221 e. The van der Waals surface area contributed by atoms with Crippen LogP contribution in [0.3, 0.4) is 0 Å². The van der Waals surface area contributed by atoms with Crippen LogP contribution in [0.4, 0.5) is 5.69 Å². The van der Waals surface area contributed by atoms with Gasteiger partial charge in [-0.1, -0.05) is 23.4 Å². The van der Waals surface area contributed by atoms with Crippen LogP contribution in [-0.2, 0) is 0 Å². The van der Waals surface area contributed by atoms with Crippen molar-refractivity contribution in [1.29, 1.82) is 0 Å². The molecule has 0 aliphatic rings. The zero-order valence-electron chi connectivity index (χ0n) is 8.25. The number of benzene rings is 1. The number of hydrogen-bond acceptors (Lipinski definition) is 4. The summed E-state index contributed by atoms with van der Waals surface area (Å²) >= 11 is 4.21. The molecular formula is C9H14N4S. The first-order valence-corrected chi connectivity index (χ1v) is 4.84. The maximum atomic E-state index is 4.21. The van der Waals surface area contributed by atoms with E-state index in [1.807, 2.05) is 44.3 Å². The number of thiol groups is 1. The number of hydrazine groups is 1. The second-order valence-electron chi connectivity index (χ2n) is 2.88. The number of nitrogens with zero attached hydrogens (tertiary/aromatic N) is 3. The molecule has 0 heterocycles. The Hall–Kier alpha value is -1.07. The molecule has 1 atom stereocenters. The van der Waals surface area contributed by atoms with Gasteiger partial charge in [-0.05, 0) is 19.1 Å². The molecule has 5 heteroatoms. The van der Waals surface area contributed by atoms with Crippen molar-refractivity contribution in [3.05, 3.63) is 30.3 Å². The van der Waals surface area contributed by atoms with Gasteiger partial charge in [0.05, 0.1) is 11.1 Å². The molecule has 76 valence electrons. The molecule has 0 fully saturated rings. The summed E-state index contributed by atoms with van der Waals surface area (Å²) in [5, 5.41) is 9.61. The lowest BCUT2D eigenvalue weighted by Crippen LogP contribution is -2.34. The van der Waals surface area contributed by atoms with Crippen molar-refractivity contribution >= 4 is 18.3 Å². The van der Waals surface area contributed by atoms with E-state index in [1.54, 1.807) is 5.01 Å². The molecule has 1 aromatic rings. The lowest BCUT2D eigenvalue weighted by molar-refractivity contribution is 0.227. The van der Waals surface area contributed by atoms with Crippen LogP contribution in [0.2, 0.25) is 0 Å². The monoisotopic (exact) mass is 210 g/mol. The molecule has 0 aliphatic carbocycles. The molecule has 4 nitrogen and oxygen atoms in total. The summed E-state index contributed by atoms with van der Waals surface area (Å²) in [5.74, 6) is 0.